The molecule has 0 atom stereocenters. The second-order valence-electron chi connectivity index (χ2n) is 4.58. The lowest BCUT2D eigenvalue weighted by Crippen LogP contribution is -2.07. The molecule has 1 aromatic carbocycles. The fourth-order valence-corrected chi connectivity index (χ4v) is 2.97. The second-order valence-corrected chi connectivity index (χ2v) is 5.82. The Kier molecular flexibility index (Phi) is 3.53. The molecular formula is C13H13N5O2S. The maximum Gasteiger partial charge on any atom is 0.293 e. The molecule has 7 nitrogen and oxygen atoms in total. The first-order valence-corrected chi connectivity index (χ1v) is 7.22. The molecule has 0 amide bonds. The highest BCUT2D eigenvalue weighted by atomic mass is 32.1. The van der Waals surface area contributed by atoms with E-state index in [4.69, 9.17) is 0 Å². The molecule has 108 valence electrons. The van der Waals surface area contributed by atoms with Crippen LogP contribution in [0.2, 0.25) is 0 Å². The van der Waals surface area contributed by atoms with Crippen molar-refractivity contribution in [3.05, 3.63) is 45.5 Å². The number of rotatable bonds is 5. The van der Waals surface area contributed by atoms with Gasteiger partial charge in [0.15, 0.2) is 0 Å². The number of fused-ring (bicyclic) bond motifs is 1. The highest BCUT2D eigenvalue weighted by molar-refractivity contribution is 7.18. The molecule has 0 spiro atoms. The zero-order chi connectivity index (χ0) is 14.8. The molecule has 3 rings (SSSR count). The average molecular weight is 303 g/mol. The Morgan fingerprint density at radius 2 is 2.33 bits per heavy atom. The summed E-state index contributed by atoms with van der Waals surface area (Å²) in [5.41, 5.74) is 2.34. The quantitative estimate of drug-likeness (QED) is 0.558. The van der Waals surface area contributed by atoms with Gasteiger partial charge in [0.2, 0.25) is 0 Å². The summed E-state index contributed by atoms with van der Waals surface area (Å²) in [4.78, 5) is 22.1. The topological polar surface area (TPSA) is 96.7 Å². The van der Waals surface area contributed by atoms with Gasteiger partial charge in [-0.2, -0.15) is 0 Å². The highest BCUT2D eigenvalue weighted by Crippen LogP contribution is 2.32. The summed E-state index contributed by atoms with van der Waals surface area (Å²) in [7, 11) is 0. The maximum absolute atomic E-state index is 11.2. The van der Waals surface area contributed by atoms with E-state index in [1.165, 1.54) is 11.3 Å². The van der Waals surface area contributed by atoms with Gasteiger partial charge in [0.25, 0.3) is 5.69 Å². The summed E-state index contributed by atoms with van der Waals surface area (Å²) < 4.78 is 0.832. The molecule has 0 unspecified atom stereocenters. The van der Waals surface area contributed by atoms with E-state index in [2.05, 4.69) is 20.3 Å². The Hall–Kier alpha value is -2.48. The number of hydrogen-bond donors (Lipinski definition) is 2. The monoisotopic (exact) mass is 303 g/mol. The van der Waals surface area contributed by atoms with Gasteiger partial charge in [0.1, 0.15) is 5.69 Å². The molecule has 2 heterocycles. The fourth-order valence-electron chi connectivity index (χ4n) is 2.12. The van der Waals surface area contributed by atoms with E-state index in [1.807, 2.05) is 6.92 Å². The number of aromatic amines is 1. The second kappa shape index (κ2) is 5.49. The molecule has 8 heteroatoms. The van der Waals surface area contributed by atoms with Gasteiger partial charge in [0, 0.05) is 30.9 Å². The van der Waals surface area contributed by atoms with Gasteiger partial charge in [-0.3, -0.25) is 10.1 Å². The van der Waals surface area contributed by atoms with Crippen molar-refractivity contribution in [2.24, 2.45) is 0 Å². The Labute approximate surface area is 124 Å². The summed E-state index contributed by atoms with van der Waals surface area (Å²) in [6, 6.07) is 3.32. The lowest BCUT2D eigenvalue weighted by Gasteiger charge is -2.06. The molecule has 0 saturated heterocycles. The zero-order valence-corrected chi connectivity index (χ0v) is 12.1. The normalized spacial score (nSPS) is 10.9. The van der Waals surface area contributed by atoms with Crippen molar-refractivity contribution in [1.29, 1.82) is 0 Å². The van der Waals surface area contributed by atoms with Crippen molar-refractivity contribution in [2.45, 2.75) is 13.3 Å². The van der Waals surface area contributed by atoms with Gasteiger partial charge in [-0.05, 0) is 13.0 Å². The lowest BCUT2D eigenvalue weighted by molar-refractivity contribution is -0.383. The third-order valence-corrected chi connectivity index (χ3v) is 4.01. The first-order chi connectivity index (χ1) is 10.1. The Bertz CT molecular complexity index is 781. The number of nitro benzene ring substituents is 1. The SMILES string of the molecule is Cc1nc2cc(NCCc3cnc[nH]3)c([N+](=O)[O-])cc2s1. The van der Waals surface area contributed by atoms with Crippen LogP contribution < -0.4 is 5.32 Å². The first-order valence-electron chi connectivity index (χ1n) is 6.40. The molecule has 0 fully saturated rings. The molecule has 0 aliphatic heterocycles. The van der Waals surface area contributed by atoms with Gasteiger partial charge in [-0.1, -0.05) is 0 Å². The zero-order valence-electron chi connectivity index (χ0n) is 11.3. The number of aromatic nitrogens is 3. The predicted molar refractivity (Wildman–Crippen MR) is 81.8 cm³/mol. The van der Waals surface area contributed by atoms with Crippen LogP contribution in [0.1, 0.15) is 10.7 Å². The van der Waals surface area contributed by atoms with Crippen LogP contribution in [0.3, 0.4) is 0 Å². The number of anilines is 1. The van der Waals surface area contributed by atoms with Crippen LogP contribution in [0, 0.1) is 17.0 Å². The molecule has 21 heavy (non-hydrogen) atoms. The maximum atomic E-state index is 11.2. The van der Waals surface area contributed by atoms with Crippen LogP contribution in [0.4, 0.5) is 11.4 Å². The van der Waals surface area contributed by atoms with E-state index in [1.54, 1.807) is 24.7 Å². The average Bonchev–Trinajstić information content (AvgIpc) is 3.05. The smallest absolute Gasteiger partial charge is 0.293 e. The number of aryl methyl sites for hydroxylation is 1. The van der Waals surface area contributed by atoms with Crippen LogP contribution in [0.15, 0.2) is 24.7 Å². The molecule has 0 aliphatic rings. The molecular weight excluding hydrogens is 290 g/mol. The first kappa shape index (κ1) is 13.5. The summed E-state index contributed by atoms with van der Waals surface area (Å²) >= 11 is 1.46. The third kappa shape index (κ3) is 2.84. The van der Waals surface area contributed by atoms with Crippen molar-refractivity contribution in [3.8, 4) is 0 Å². The number of imidazole rings is 1. The van der Waals surface area contributed by atoms with E-state index in [9.17, 15) is 10.1 Å². The fraction of sp³-hybridized carbons (Fsp3) is 0.231. The minimum absolute atomic E-state index is 0.0794. The van der Waals surface area contributed by atoms with E-state index >= 15 is 0 Å². The van der Waals surface area contributed by atoms with Crippen LogP contribution in [-0.4, -0.2) is 26.4 Å². The molecule has 0 aliphatic carbocycles. The lowest BCUT2D eigenvalue weighted by atomic mass is 10.2. The van der Waals surface area contributed by atoms with Gasteiger partial charge < -0.3 is 10.3 Å². The van der Waals surface area contributed by atoms with Crippen LogP contribution in [0.25, 0.3) is 10.2 Å². The number of hydrogen-bond acceptors (Lipinski definition) is 6. The predicted octanol–water partition coefficient (Wildman–Crippen LogP) is 2.89. The third-order valence-electron chi connectivity index (χ3n) is 3.07. The molecule has 2 N–H and O–H groups in total. The summed E-state index contributed by atoms with van der Waals surface area (Å²) in [6.07, 6.45) is 4.07. The largest absolute Gasteiger partial charge is 0.379 e. The van der Waals surface area contributed by atoms with Crippen LogP contribution in [-0.2, 0) is 6.42 Å². The van der Waals surface area contributed by atoms with E-state index < -0.39 is 0 Å². The Morgan fingerprint density at radius 1 is 1.48 bits per heavy atom. The van der Waals surface area contributed by atoms with E-state index in [0.29, 0.717) is 18.7 Å². The summed E-state index contributed by atoms with van der Waals surface area (Å²) in [6.45, 7) is 2.47. The van der Waals surface area contributed by atoms with E-state index in [-0.39, 0.29) is 10.6 Å². The highest BCUT2D eigenvalue weighted by Gasteiger charge is 2.16. The number of nitro groups is 1. The van der Waals surface area contributed by atoms with Crippen molar-refractivity contribution >= 4 is 32.9 Å². The number of H-pyrrole nitrogens is 1. The standard InChI is InChI=1S/C13H13N5O2S/c1-8-17-11-4-10(12(18(19)20)5-13(11)21-8)15-3-2-9-6-14-7-16-9/h4-7,15H,2-3H2,1H3,(H,14,16). The molecule has 0 bridgehead atoms. The molecule has 3 aromatic rings. The number of nitrogens with zero attached hydrogens (tertiary/aromatic N) is 3. The Morgan fingerprint density at radius 3 is 3.05 bits per heavy atom. The minimum atomic E-state index is -0.368. The van der Waals surface area contributed by atoms with Crippen LogP contribution in [0.5, 0.6) is 0 Å². The summed E-state index contributed by atoms with van der Waals surface area (Å²) in [5, 5.41) is 15.2. The van der Waals surface area contributed by atoms with Crippen molar-refractivity contribution in [1.82, 2.24) is 15.0 Å². The van der Waals surface area contributed by atoms with Crippen molar-refractivity contribution < 1.29 is 4.92 Å². The molecule has 0 radical (unpaired) electrons. The van der Waals surface area contributed by atoms with Crippen molar-refractivity contribution in [2.75, 3.05) is 11.9 Å². The summed E-state index contributed by atoms with van der Waals surface area (Å²) in [5.74, 6) is 0. The molecule has 2 aromatic heterocycles. The number of nitrogens with one attached hydrogen (secondary N) is 2. The van der Waals surface area contributed by atoms with Crippen LogP contribution >= 0.6 is 11.3 Å². The van der Waals surface area contributed by atoms with Gasteiger partial charge >= 0.3 is 0 Å². The van der Waals surface area contributed by atoms with Gasteiger partial charge in [-0.15, -0.1) is 11.3 Å². The van der Waals surface area contributed by atoms with Gasteiger partial charge in [-0.25, -0.2) is 9.97 Å². The molecule has 0 saturated carbocycles. The number of benzene rings is 1. The number of thiazole rings is 1. The Balaban J connectivity index is 1.84. The van der Waals surface area contributed by atoms with Gasteiger partial charge in [0.05, 0.1) is 26.5 Å². The minimum Gasteiger partial charge on any atom is -0.379 e. The van der Waals surface area contributed by atoms with Crippen molar-refractivity contribution in [3.63, 3.8) is 0 Å². The van der Waals surface area contributed by atoms with E-state index in [0.717, 1.165) is 20.9 Å².